The second kappa shape index (κ2) is 52.7. The Morgan fingerprint density at radius 3 is 1.24 bits per heavy atom. The van der Waals surface area contributed by atoms with Gasteiger partial charge in [-0.05, 0) is 83.5 Å². The van der Waals surface area contributed by atoms with E-state index in [4.69, 9.17) is 14.2 Å². The van der Waals surface area contributed by atoms with Gasteiger partial charge in [-0.2, -0.15) is 0 Å². The molecule has 5 nitrogen and oxygen atoms in total. The number of hydrogen-bond donors (Lipinski definition) is 0. The monoisotopic (exact) mass is 865 g/mol. The van der Waals surface area contributed by atoms with E-state index >= 15 is 0 Å². The Balaban J connectivity index is 4.36. The van der Waals surface area contributed by atoms with Gasteiger partial charge in [0.2, 0.25) is 0 Å². The van der Waals surface area contributed by atoms with Gasteiger partial charge in [0.1, 0.15) is 6.61 Å². The third-order valence-corrected chi connectivity index (χ3v) is 11.2. The topological polar surface area (TPSA) is 61.8 Å². The number of unbranched alkanes of at least 4 members (excludes halogenated alkanes) is 25. The van der Waals surface area contributed by atoms with Crippen LogP contribution in [0.4, 0.5) is 0 Å². The molecule has 5 heteroatoms. The van der Waals surface area contributed by atoms with E-state index in [1.807, 2.05) is 0 Å². The molecule has 0 aliphatic rings. The van der Waals surface area contributed by atoms with Crippen molar-refractivity contribution in [3.05, 3.63) is 72.9 Å². The summed E-state index contributed by atoms with van der Waals surface area (Å²) in [7, 11) is 0. The molecule has 0 saturated heterocycles. The number of esters is 2. The zero-order valence-electron chi connectivity index (χ0n) is 41.1. The highest BCUT2D eigenvalue weighted by atomic mass is 16.6. The zero-order chi connectivity index (χ0) is 44.9. The van der Waals surface area contributed by atoms with Gasteiger partial charge in [0.05, 0.1) is 6.61 Å². The number of carbonyl (C=O) groups excluding carboxylic acids is 2. The smallest absolute Gasteiger partial charge is 0.306 e. The van der Waals surface area contributed by atoms with E-state index in [1.165, 1.54) is 135 Å². The second-order valence-corrected chi connectivity index (χ2v) is 17.4. The van der Waals surface area contributed by atoms with Gasteiger partial charge in [-0.3, -0.25) is 9.59 Å². The minimum absolute atomic E-state index is 0.0586. The molecule has 0 bridgehead atoms. The van der Waals surface area contributed by atoms with E-state index in [9.17, 15) is 9.59 Å². The first kappa shape index (κ1) is 59.3. The molecule has 0 radical (unpaired) electrons. The zero-order valence-corrected chi connectivity index (χ0v) is 41.1. The Kier molecular flexibility index (Phi) is 50.4. The first-order valence-corrected chi connectivity index (χ1v) is 26.5. The molecule has 0 aliphatic carbocycles. The first-order chi connectivity index (χ1) is 30.6. The van der Waals surface area contributed by atoms with Crippen LogP contribution in [0, 0.1) is 0 Å². The fraction of sp³-hybridized carbons (Fsp3) is 0.754. The van der Waals surface area contributed by atoms with Crippen LogP contribution in [0.15, 0.2) is 72.9 Å². The maximum atomic E-state index is 12.8. The normalized spacial score (nSPS) is 12.8. The largest absolute Gasteiger partial charge is 0.462 e. The highest BCUT2D eigenvalue weighted by molar-refractivity contribution is 5.70. The van der Waals surface area contributed by atoms with Crippen LogP contribution >= 0.6 is 0 Å². The van der Waals surface area contributed by atoms with Crippen LogP contribution in [-0.2, 0) is 23.8 Å². The predicted octanol–water partition coefficient (Wildman–Crippen LogP) is 17.9. The van der Waals surface area contributed by atoms with Crippen molar-refractivity contribution in [2.24, 2.45) is 0 Å². The Labute approximate surface area is 385 Å². The molecule has 0 heterocycles. The predicted molar refractivity (Wildman–Crippen MR) is 270 cm³/mol. The van der Waals surface area contributed by atoms with Crippen molar-refractivity contribution in [2.75, 3.05) is 19.8 Å². The van der Waals surface area contributed by atoms with Gasteiger partial charge in [0, 0.05) is 19.4 Å². The third-order valence-electron chi connectivity index (χ3n) is 11.2. The third kappa shape index (κ3) is 50.0. The Bertz CT molecular complexity index is 1110. The van der Waals surface area contributed by atoms with Crippen molar-refractivity contribution in [3.63, 3.8) is 0 Å². The molecule has 0 aliphatic heterocycles. The molecule has 0 rings (SSSR count). The molecule has 0 fully saturated rings. The van der Waals surface area contributed by atoms with Crippen molar-refractivity contribution >= 4 is 11.9 Å². The number of carbonyl (C=O) groups is 2. The van der Waals surface area contributed by atoms with Gasteiger partial charge in [-0.15, -0.1) is 0 Å². The SMILES string of the molecule is CC/C=C\C/C=C\C/C=C\C/C=C\C/C=C\CCCC(=O)O[C@H](COCCCCCCCCCCCCCCCCCC)COC(=O)CCCCCCC/C=C\CCCCCC. The number of rotatable bonds is 48. The quantitative estimate of drug-likeness (QED) is 0.0346. The van der Waals surface area contributed by atoms with Crippen molar-refractivity contribution in [1.82, 2.24) is 0 Å². The maximum absolute atomic E-state index is 12.8. The molecule has 0 amide bonds. The second-order valence-electron chi connectivity index (χ2n) is 17.4. The van der Waals surface area contributed by atoms with E-state index in [-0.39, 0.29) is 25.2 Å². The van der Waals surface area contributed by atoms with Crippen LogP contribution in [0.3, 0.4) is 0 Å². The lowest BCUT2D eigenvalue weighted by atomic mass is 10.0. The minimum atomic E-state index is -0.569. The van der Waals surface area contributed by atoms with Gasteiger partial charge < -0.3 is 14.2 Å². The van der Waals surface area contributed by atoms with E-state index in [2.05, 4.69) is 93.7 Å². The lowest BCUT2D eigenvalue weighted by Crippen LogP contribution is -2.30. The summed E-state index contributed by atoms with van der Waals surface area (Å²) in [6.07, 6.45) is 67.7. The van der Waals surface area contributed by atoms with E-state index in [0.717, 1.165) is 83.5 Å². The summed E-state index contributed by atoms with van der Waals surface area (Å²) in [4.78, 5) is 25.4. The van der Waals surface area contributed by atoms with Gasteiger partial charge in [-0.1, -0.05) is 229 Å². The fourth-order valence-corrected chi connectivity index (χ4v) is 7.31. The van der Waals surface area contributed by atoms with Crippen molar-refractivity contribution in [1.29, 1.82) is 0 Å². The average molecular weight is 865 g/mol. The summed E-state index contributed by atoms with van der Waals surface area (Å²) in [5, 5.41) is 0. The van der Waals surface area contributed by atoms with Gasteiger partial charge in [0.15, 0.2) is 6.10 Å². The molecular formula is C57H100O5. The summed E-state index contributed by atoms with van der Waals surface area (Å²) < 4.78 is 17.4. The Morgan fingerprint density at radius 2 is 0.742 bits per heavy atom. The van der Waals surface area contributed by atoms with Crippen LogP contribution in [-0.4, -0.2) is 37.9 Å². The maximum Gasteiger partial charge on any atom is 0.306 e. The molecular weight excluding hydrogens is 765 g/mol. The minimum Gasteiger partial charge on any atom is -0.462 e. The Hall–Kier alpha value is -2.66. The fourth-order valence-electron chi connectivity index (χ4n) is 7.31. The Morgan fingerprint density at radius 1 is 0.371 bits per heavy atom. The van der Waals surface area contributed by atoms with Crippen molar-refractivity contribution in [3.8, 4) is 0 Å². The van der Waals surface area contributed by atoms with Crippen LogP contribution in [0.25, 0.3) is 0 Å². The summed E-state index contributed by atoms with van der Waals surface area (Å²) >= 11 is 0. The molecule has 0 aromatic heterocycles. The molecule has 0 unspecified atom stereocenters. The highest BCUT2D eigenvalue weighted by Crippen LogP contribution is 2.15. The van der Waals surface area contributed by atoms with E-state index in [0.29, 0.717) is 19.4 Å². The van der Waals surface area contributed by atoms with Crippen LogP contribution in [0.5, 0.6) is 0 Å². The van der Waals surface area contributed by atoms with Gasteiger partial charge >= 0.3 is 11.9 Å². The molecule has 0 spiro atoms. The summed E-state index contributed by atoms with van der Waals surface area (Å²) in [6, 6.07) is 0. The number of allylic oxidation sites excluding steroid dienone is 12. The van der Waals surface area contributed by atoms with Crippen molar-refractivity contribution < 1.29 is 23.8 Å². The van der Waals surface area contributed by atoms with E-state index < -0.39 is 6.10 Å². The van der Waals surface area contributed by atoms with Crippen LogP contribution < -0.4 is 0 Å². The molecule has 62 heavy (non-hydrogen) atoms. The molecule has 0 saturated carbocycles. The lowest BCUT2D eigenvalue weighted by Gasteiger charge is -2.18. The standard InChI is InChI=1S/C57H100O5/c1-4-7-10-13-16-19-22-25-27-29-30-33-36-39-42-45-48-51-57(59)62-55(54-61-56(58)50-47-44-41-38-35-32-24-21-18-15-12-9-6-3)53-60-52-49-46-43-40-37-34-31-28-26-23-20-17-14-11-8-5-2/h7,10,16,19,21,24-25,27,30,33,39,42,55H,4-6,8-9,11-15,17-18,20,22-23,26,28-29,31-32,34-38,40-41,43-54H2,1-3H3/b10-7-,19-16-,24-21-,27-25-,33-30-,42-39-/t55-/m1/s1. The van der Waals surface area contributed by atoms with Gasteiger partial charge in [-0.25, -0.2) is 0 Å². The van der Waals surface area contributed by atoms with Gasteiger partial charge in [0.25, 0.3) is 0 Å². The number of hydrogen-bond acceptors (Lipinski definition) is 5. The molecule has 1 atom stereocenters. The average Bonchev–Trinajstić information content (AvgIpc) is 3.27. The van der Waals surface area contributed by atoms with E-state index in [1.54, 1.807) is 0 Å². The number of ether oxygens (including phenoxy) is 3. The highest BCUT2D eigenvalue weighted by Gasteiger charge is 2.17. The molecule has 358 valence electrons. The summed E-state index contributed by atoms with van der Waals surface area (Å²) in [5.41, 5.74) is 0. The van der Waals surface area contributed by atoms with Crippen LogP contribution in [0.2, 0.25) is 0 Å². The molecule has 0 aromatic carbocycles. The van der Waals surface area contributed by atoms with Crippen LogP contribution in [0.1, 0.15) is 252 Å². The summed E-state index contributed by atoms with van der Waals surface area (Å²) in [6.45, 7) is 7.66. The molecule has 0 aromatic rings. The summed E-state index contributed by atoms with van der Waals surface area (Å²) in [5.74, 6) is -0.469. The lowest BCUT2D eigenvalue weighted by molar-refractivity contribution is -0.162. The first-order valence-electron chi connectivity index (χ1n) is 26.5. The van der Waals surface area contributed by atoms with Crippen molar-refractivity contribution in [2.45, 2.75) is 258 Å². The molecule has 0 N–H and O–H groups in total.